The van der Waals surface area contributed by atoms with Gasteiger partial charge in [0.2, 0.25) is 0 Å². The smallest absolute Gasteiger partial charge is 0.155 e. The minimum Gasteiger partial charge on any atom is -0.512 e. The van der Waals surface area contributed by atoms with Gasteiger partial charge in [-0.25, -0.2) is 4.68 Å². The van der Waals surface area contributed by atoms with Crippen molar-refractivity contribution in [1.29, 1.82) is 0 Å². The Hall–Kier alpha value is -2.30. The maximum Gasteiger partial charge on any atom is 0.155 e. The number of benzene rings is 2. The van der Waals surface area contributed by atoms with Gasteiger partial charge in [0.15, 0.2) is 5.78 Å². The second-order valence-corrected chi connectivity index (χ2v) is 4.69. The predicted molar refractivity (Wildman–Crippen MR) is 84.8 cm³/mol. The predicted octanol–water partition coefficient (Wildman–Crippen LogP) is 3.26. The van der Waals surface area contributed by atoms with E-state index >= 15 is 0 Å². The maximum absolute atomic E-state index is 10.0. The number of aliphatic hydroxyl groups excluding tert-OH is 1. The quantitative estimate of drug-likeness (QED) is 0.343. The minimum atomic E-state index is -0.125. The van der Waals surface area contributed by atoms with E-state index in [0.29, 0.717) is 0 Å². The molecule has 1 aromatic heterocycles. The van der Waals surface area contributed by atoms with E-state index in [1.54, 1.807) is 17.1 Å². The molecule has 0 aliphatic heterocycles. The summed E-state index contributed by atoms with van der Waals surface area (Å²) in [6.07, 6.45) is 4.63. The molecule has 0 fully saturated rings. The average molecular weight is 487 g/mol. The number of allylic oxidation sites excluding steroid dienone is 2. The van der Waals surface area contributed by atoms with E-state index in [9.17, 15) is 4.79 Å². The number of hydrogen-bond acceptors (Lipinski definition) is 4. The molecule has 0 aliphatic rings. The summed E-state index contributed by atoms with van der Waals surface area (Å²) >= 11 is 0. The average Bonchev–Trinajstić information content (AvgIpc) is 3.00. The first-order chi connectivity index (χ1) is 10.6. The molecule has 1 heterocycles. The summed E-state index contributed by atoms with van der Waals surface area (Å²) in [5, 5.41) is 18.4. The van der Waals surface area contributed by atoms with Crippen LogP contribution in [0.3, 0.4) is 0 Å². The van der Waals surface area contributed by atoms with E-state index in [0.717, 1.165) is 5.69 Å². The van der Waals surface area contributed by atoms with E-state index in [1.807, 2.05) is 24.3 Å². The second kappa shape index (κ2) is 8.98. The van der Waals surface area contributed by atoms with Crippen LogP contribution in [0.25, 0.3) is 16.5 Å². The summed E-state index contributed by atoms with van der Waals surface area (Å²) in [6.45, 7) is 2.85. The van der Waals surface area contributed by atoms with Crippen molar-refractivity contribution in [3.8, 4) is 5.69 Å². The van der Waals surface area contributed by atoms with Gasteiger partial charge in [-0.1, -0.05) is 23.4 Å². The Morgan fingerprint density at radius 3 is 2.48 bits per heavy atom. The van der Waals surface area contributed by atoms with E-state index < -0.39 is 0 Å². The Morgan fingerprint density at radius 2 is 1.96 bits per heavy atom. The Balaban J connectivity index is 0.000000287. The van der Waals surface area contributed by atoms with Crippen molar-refractivity contribution in [3.05, 3.63) is 66.7 Å². The molecule has 23 heavy (non-hydrogen) atoms. The van der Waals surface area contributed by atoms with Gasteiger partial charge in [-0.05, 0) is 19.5 Å². The summed E-state index contributed by atoms with van der Waals surface area (Å²) in [6, 6.07) is 15.4. The number of aliphatic hydroxyl groups is 1. The third-order valence-corrected chi connectivity index (χ3v) is 2.75. The van der Waals surface area contributed by atoms with Crippen molar-refractivity contribution in [1.82, 2.24) is 15.0 Å². The van der Waals surface area contributed by atoms with Crippen LogP contribution in [-0.2, 0) is 24.9 Å². The number of carbonyl (C=O) groups is 1. The number of carbonyl (C=O) groups excluding carboxylic acids is 1. The topological polar surface area (TPSA) is 68.0 Å². The molecule has 3 rings (SSSR count). The molecule has 0 saturated heterocycles. The molecule has 0 aliphatic carbocycles. The van der Waals surface area contributed by atoms with Crippen LogP contribution in [0.5, 0.6) is 0 Å². The first-order valence-corrected chi connectivity index (χ1v) is 6.71. The van der Waals surface area contributed by atoms with Gasteiger partial charge in [0.25, 0.3) is 0 Å². The first kappa shape index (κ1) is 18.7. The maximum atomic E-state index is 10.0. The van der Waals surface area contributed by atoms with Crippen molar-refractivity contribution < 1.29 is 30.0 Å². The Kier molecular flexibility index (Phi) is 7.32. The van der Waals surface area contributed by atoms with E-state index in [1.165, 1.54) is 30.7 Å². The zero-order chi connectivity index (χ0) is 15.9. The number of fused-ring (bicyclic) bond motifs is 1. The van der Waals surface area contributed by atoms with Crippen LogP contribution in [0.2, 0.25) is 0 Å². The molecule has 0 amide bonds. The molecule has 2 aromatic carbocycles. The van der Waals surface area contributed by atoms with Crippen LogP contribution in [0, 0.1) is 6.07 Å². The van der Waals surface area contributed by atoms with Crippen LogP contribution in [0.1, 0.15) is 13.8 Å². The SMILES string of the molecule is CC(=O)/C=C(/C)O.[Ir].[c-]1cc2ccccc2cc1-n1ccnn1. The van der Waals surface area contributed by atoms with Crippen LogP contribution < -0.4 is 0 Å². The van der Waals surface area contributed by atoms with Gasteiger partial charge < -0.3 is 5.11 Å². The molecule has 0 atom stereocenters. The van der Waals surface area contributed by atoms with Gasteiger partial charge in [-0.2, -0.15) is 12.1 Å². The Morgan fingerprint density at radius 1 is 1.26 bits per heavy atom. The normalized spacial score (nSPS) is 10.4. The zero-order valence-electron chi connectivity index (χ0n) is 12.7. The van der Waals surface area contributed by atoms with E-state index in [-0.39, 0.29) is 31.6 Å². The number of ketones is 1. The summed E-state index contributed by atoms with van der Waals surface area (Å²) in [5.74, 6) is -0.0625. The summed E-state index contributed by atoms with van der Waals surface area (Å²) in [4.78, 5) is 10.0. The molecular formula is C17H16IrN3O2-. The van der Waals surface area contributed by atoms with Gasteiger partial charge in [0.1, 0.15) is 0 Å². The minimum absolute atomic E-state index is 0. The monoisotopic (exact) mass is 487 g/mol. The Labute approximate surface area is 148 Å². The van der Waals surface area contributed by atoms with Gasteiger partial charge >= 0.3 is 0 Å². The zero-order valence-corrected chi connectivity index (χ0v) is 15.1. The second-order valence-electron chi connectivity index (χ2n) is 4.69. The molecule has 5 nitrogen and oxygen atoms in total. The molecular weight excluding hydrogens is 470 g/mol. The summed E-state index contributed by atoms with van der Waals surface area (Å²) in [5.41, 5.74) is 0.909. The Bertz CT molecular complexity index is 794. The third-order valence-electron chi connectivity index (χ3n) is 2.75. The molecule has 1 radical (unpaired) electrons. The molecule has 0 bridgehead atoms. The fraction of sp³-hybridized carbons (Fsp3) is 0.118. The van der Waals surface area contributed by atoms with Crippen molar-refractivity contribution in [3.63, 3.8) is 0 Å². The number of aromatic nitrogens is 3. The first-order valence-electron chi connectivity index (χ1n) is 6.71. The molecule has 0 spiro atoms. The van der Waals surface area contributed by atoms with E-state index in [2.05, 4.69) is 28.5 Å². The number of rotatable bonds is 2. The van der Waals surface area contributed by atoms with Gasteiger partial charge in [-0.3, -0.25) is 4.79 Å². The van der Waals surface area contributed by atoms with Crippen molar-refractivity contribution in [2.75, 3.05) is 0 Å². The fourth-order valence-electron chi connectivity index (χ4n) is 1.88. The van der Waals surface area contributed by atoms with Gasteiger partial charge in [0.05, 0.1) is 12.0 Å². The number of nitrogens with zero attached hydrogens (tertiary/aromatic N) is 3. The number of hydrogen-bond donors (Lipinski definition) is 1. The third kappa shape index (κ3) is 5.77. The molecule has 121 valence electrons. The largest absolute Gasteiger partial charge is 0.512 e. The standard InChI is InChI=1S/C12H8N3.C5H8O2.Ir/c1-2-4-11-9-12(6-5-10(11)3-1)15-8-7-13-14-15;1-4(6)3-5(2)7;/h1-5,7-9H;3,6H,1-2H3;/q-1;;/b;4-3-;. The van der Waals surface area contributed by atoms with Gasteiger partial charge in [0, 0.05) is 32.4 Å². The van der Waals surface area contributed by atoms with Crippen molar-refractivity contribution in [2.45, 2.75) is 13.8 Å². The van der Waals surface area contributed by atoms with Crippen LogP contribution in [-0.4, -0.2) is 25.9 Å². The van der Waals surface area contributed by atoms with E-state index in [4.69, 9.17) is 5.11 Å². The molecule has 6 heteroatoms. The molecule has 0 unspecified atom stereocenters. The van der Waals surface area contributed by atoms with Crippen molar-refractivity contribution in [2.24, 2.45) is 0 Å². The summed E-state index contributed by atoms with van der Waals surface area (Å²) in [7, 11) is 0. The fourth-order valence-corrected chi connectivity index (χ4v) is 1.88. The molecule has 3 aromatic rings. The van der Waals surface area contributed by atoms with Crippen molar-refractivity contribution >= 4 is 16.6 Å². The summed E-state index contributed by atoms with van der Waals surface area (Å²) < 4.78 is 1.70. The molecule has 0 saturated carbocycles. The van der Waals surface area contributed by atoms with Crippen LogP contribution in [0.4, 0.5) is 0 Å². The molecule has 1 N–H and O–H groups in total. The van der Waals surface area contributed by atoms with Crippen LogP contribution in [0.15, 0.2) is 60.6 Å². The van der Waals surface area contributed by atoms with Crippen LogP contribution >= 0.6 is 0 Å². The van der Waals surface area contributed by atoms with Gasteiger partial charge in [-0.15, -0.1) is 28.0 Å².